The monoisotopic (exact) mass is 343 g/mol. The van der Waals surface area contributed by atoms with E-state index < -0.39 is 5.97 Å². The number of aryl methyl sites for hydroxylation is 1. The van der Waals surface area contributed by atoms with Crippen molar-refractivity contribution < 1.29 is 19.4 Å². The molecule has 2 heterocycles. The van der Waals surface area contributed by atoms with Crippen molar-refractivity contribution in [2.45, 2.75) is 13.3 Å². The molecule has 0 atom stereocenters. The molecule has 1 aliphatic rings. The molecular weight excluding hydrogens is 330 g/mol. The molecule has 0 bridgehead atoms. The summed E-state index contributed by atoms with van der Waals surface area (Å²) in [5.41, 5.74) is 4.11. The van der Waals surface area contributed by atoms with Crippen LogP contribution in [0.15, 0.2) is 30.3 Å². The average molecular weight is 344 g/mol. The number of fused-ring (bicyclic) bond motifs is 2. The molecule has 3 aromatic rings. The summed E-state index contributed by atoms with van der Waals surface area (Å²) in [6.45, 7) is 2.15. The Kier molecular flexibility index (Phi) is 3.39. The molecule has 0 radical (unpaired) electrons. The fourth-order valence-corrected chi connectivity index (χ4v) is 3.36. The number of halogens is 1. The van der Waals surface area contributed by atoms with Crippen LogP contribution in [0, 0.1) is 6.92 Å². The number of aromatic nitrogens is 1. The van der Waals surface area contributed by atoms with Crippen LogP contribution in [0.1, 0.15) is 11.1 Å². The fourth-order valence-electron chi connectivity index (χ4n) is 3.09. The van der Waals surface area contributed by atoms with Crippen molar-refractivity contribution in [2.24, 2.45) is 0 Å². The van der Waals surface area contributed by atoms with Crippen LogP contribution in [0.5, 0.6) is 11.5 Å². The van der Waals surface area contributed by atoms with Crippen molar-refractivity contribution in [1.29, 1.82) is 0 Å². The molecule has 1 aromatic heterocycles. The van der Waals surface area contributed by atoms with Gasteiger partial charge in [0.2, 0.25) is 6.79 Å². The highest BCUT2D eigenvalue weighted by Gasteiger charge is 2.21. The zero-order valence-electron chi connectivity index (χ0n) is 12.9. The van der Waals surface area contributed by atoms with Gasteiger partial charge in [-0.15, -0.1) is 0 Å². The number of aliphatic carboxylic acids is 1. The third-order valence-electron chi connectivity index (χ3n) is 4.21. The van der Waals surface area contributed by atoms with Crippen molar-refractivity contribution in [2.75, 3.05) is 6.79 Å². The SMILES string of the molecule is Cc1ccc(Cl)c2c(CC(=O)O)c(-c3ccc4c(c3)OCO4)[nH]c12. The minimum atomic E-state index is -0.907. The van der Waals surface area contributed by atoms with Gasteiger partial charge in [-0.05, 0) is 42.3 Å². The number of aromatic amines is 1. The van der Waals surface area contributed by atoms with Crippen molar-refractivity contribution >= 4 is 28.5 Å². The van der Waals surface area contributed by atoms with Gasteiger partial charge in [-0.3, -0.25) is 4.79 Å². The first-order valence-electron chi connectivity index (χ1n) is 7.46. The number of hydrogen-bond donors (Lipinski definition) is 2. The second-order valence-corrected chi connectivity index (χ2v) is 6.14. The van der Waals surface area contributed by atoms with E-state index in [2.05, 4.69) is 4.98 Å². The number of H-pyrrole nitrogens is 1. The molecule has 4 rings (SSSR count). The maximum Gasteiger partial charge on any atom is 0.307 e. The summed E-state index contributed by atoms with van der Waals surface area (Å²) in [4.78, 5) is 14.7. The Hall–Kier alpha value is -2.66. The van der Waals surface area contributed by atoms with Gasteiger partial charge in [0.15, 0.2) is 11.5 Å². The molecule has 2 N–H and O–H groups in total. The molecule has 2 aromatic carbocycles. The lowest BCUT2D eigenvalue weighted by Gasteiger charge is -2.05. The first kappa shape index (κ1) is 14.9. The Morgan fingerprint density at radius 1 is 1.25 bits per heavy atom. The minimum Gasteiger partial charge on any atom is -0.481 e. The van der Waals surface area contributed by atoms with Gasteiger partial charge < -0.3 is 19.6 Å². The van der Waals surface area contributed by atoms with Crippen molar-refractivity contribution in [1.82, 2.24) is 4.98 Å². The second-order valence-electron chi connectivity index (χ2n) is 5.73. The van der Waals surface area contributed by atoms with Gasteiger partial charge in [0.05, 0.1) is 22.7 Å². The maximum atomic E-state index is 11.4. The molecule has 0 aliphatic carbocycles. The number of ether oxygens (including phenoxy) is 2. The van der Waals surface area contributed by atoms with Crippen LogP contribution in [0.2, 0.25) is 5.02 Å². The average Bonchev–Trinajstić information content (AvgIpc) is 3.15. The summed E-state index contributed by atoms with van der Waals surface area (Å²) in [6, 6.07) is 9.26. The van der Waals surface area contributed by atoms with E-state index in [4.69, 9.17) is 21.1 Å². The molecule has 0 amide bonds. The molecule has 0 unspecified atom stereocenters. The number of carboxylic acid groups (broad SMARTS) is 1. The third-order valence-corrected chi connectivity index (χ3v) is 4.52. The second kappa shape index (κ2) is 5.46. The smallest absolute Gasteiger partial charge is 0.307 e. The van der Waals surface area contributed by atoms with Gasteiger partial charge in [-0.1, -0.05) is 17.7 Å². The van der Waals surface area contributed by atoms with E-state index in [-0.39, 0.29) is 13.2 Å². The third kappa shape index (κ3) is 2.29. The van der Waals surface area contributed by atoms with E-state index >= 15 is 0 Å². The van der Waals surface area contributed by atoms with Crippen LogP contribution < -0.4 is 9.47 Å². The van der Waals surface area contributed by atoms with E-state index in [1.807, 2.05) is 31.2 Å². The molecule has 122 valence electrons. The van der Waals surface area contributed by atoms with E-state index in [1.54, 1.807) is 6.07 Å². The molecule has 0 saturated heterocycles. The molecule has 0 saturated carbocycles. The number of hydrogen-bond acceptors (Lipinski definition) is 3. The largest absolute Gasteiger partial charge is 0.481 e. The molecule has 5 nitrogen and oxygen atoms in total. The predicted molar refractivity (Wildman–Crippen MR) is 90.9 cm³/mol. The zero-order chi connectivity index (χ0) is 16.8. The number of carboxylic acids is 1. The molecular formula is C18H14ClNO4. The molecule has 0 fully saturated rings. The Bertz CT molecular complexity index is 977. The van der Waals surface area contributed by atoms with Gasteiger partial charge in [-0.2, -0.15) is 0 Å². The van der Waals surface area contributed by atoms with E-state index in [9.17, 15) is 9.90 Å². The van der Waals surface area contributed by atoms with Crippen LogP contribution >= 0.6 is 11.6 Å². The molecule has 0 spiro atoms. The van der Waals surface area contributed by atoms with Crippen LogP contribution in [0.3, 0.4) is 0 Å². The summed E-state index contributed by atoms with van der Waals surface area (Å²) >= 11 is 6.35. The lowest BCUT2D eigenvalue weighted by molar-refractivity contribution is -0.136. The molecule has 24 heavy (non-hydrogen) atoms. The zero-order valence-corrected chi connectivity index (χ0v) is 13.6. The number of carbonyl (C=O) groups is 1. The highest BCUT2D eigenvalue weighted by molar-refractivity contribution is 6.36. The van der Waals surface area contributed by atoms with Crippen LogP contribution in [0.25, 0.3) is 22.2 Å². The van der Waals surface area contributed by atoms with Crippen LogP contribution in [0.4, 0.5) is 0 Å². The fraction of sp³-hybridized carbons (Fsp3) is 0.167. The van der Waals surface area contributed by atoms with Crippen molar-refractivity contribution in [3.05, 3.63) is 46.5 Å². The Balaban J connectivity index is 1.99. The van der Waals surface area contributed by atoms with Crippen LogP contribution in [-0.4, -0.2) is 22.9 Å². The summed E-state index contributed by atoms with van der Waals surface area (Å²) in [6.07, 6.45) is -0.118. The Morgan fingerprint density at radius 3 is 2.83 bits per heavy atom. The molecule has 6 heteroatoms. The highest BCUT2D eigenvalue weighted by atomic mass is 35.5. The van der Waals surface area contributed by atoms with Gasteiger partial charge in [-0.25, -0.2) is 0 Å². The van der Waals surface area contributed by atoms with Gasteiger partial charge in [0, 0.05) is 10.9 Å². The number of benzene rings is 2. The molecule has 1 aliphatic heterocycles. The van der Waals surface area contributed by atoms with Gasteiger partial charge in [0.25, 0.3) is 0 Å². The Labute approximate surface area is 142 Å². The quantitative estimate of drug-likeness (QED) is 0.749. The predicted octanol–water partition coefficient (Wildman–Crippen LogP) is 4.15. The highest BCUT2D eigenvalue weighted by Crippen LogP contribution is 2.40. The van der Waals surface area contributed by atoms with Crippen molar-refractivity contribution in [3.8, 4) is 22.8 Å². The van der Waals surface area contributed by atoms with E-state index in [1.165, 1.54) is 0 Å². The van der Waals surface area contributed by atoms with E-state index in [0.717, 1.165) is 27.7 Å². The first-order valence-corrected chi connectivity index (χ1v) is 7.84. The summed E-state index contributed by atoms with van der Waals surface area (Å²) in [5.74, 6) is 0.426. The maximum absolute atomic E-state index is 11.4. The minimum absolute atomic E-state index is 0.118. The topological polar surface area (TPSA) is 71.6 Å². The lowest BCUT2D eigenvalue weighted by Crippen LogP contribution is -2.01. The summed E-state index contributed by atoms with van der Waals surface area (Å²) in [7, 11) is 0. The summed E-state index contributed by atoms with van der Waals surface area (Å²) < 4.78 is 10.8. The lowest BCUT2D eigenvalue weighted by atomic mass is 10.0. The number of nitrogens with one attached hydrogen (secondary N) is 1. The first-order chi connectivity index (χ1) is 11.5. The van der Waals surface area contributed by atoms with Crippen molar-refractivity contribution in [3.63, 3.8) is 0 Å². The number of rotatable bonds is 3. The van der Waals surface area contributed by atoms with Gasteiger partial charge >= 0.3 is 5.97 Å². The standard InChI is InChI=1S/C18H14ClNO4/c1-9-2-4-12(19)16-11(7-15(21)22)18(20-17(9)16)10-3-5-13-14(6-10)24-8-23-13/h2-6,20H,7-8H2,1H3,(H,21,22). The van der Waals surface area contributed by atoms with Gasteiger partial charge in [0.1, 0.15) is 0 Å². The van der Waals surface area contributed by atoms with Crippen LogP contribution in [-0.2, 0) is 11.2 Å². The Morgan fingerprint density at radius 2 is 2.04 bits per heavy atom. The normalized spacial score (nSPS) is 12.8. The summed E-state index contributed by atoms with van der Waals surface area (Å²) in [5, 5.41) is 10.6. The van der Waals surface area contributed by atoms with E-state index in [0.29, 0.717) is 22.1 Å².